The van der Waals surface area contributed by atoms with Crippen molar-refractivity contribution in [1.82, 2.24) is 0 Å². The van der Waals surface area contributed by atoms with E-state index >= 15 is 0 Å². The second-order valence-electron chi connectivity index (χ2n) is 3.82. The molecule has 0 atom stereocenters. The lowest BCUT2D eigenvalue weighted by Gasteiger charge is -2.51. The lowest BCUT2D eigenvalue weighted by Crippen LogP contribution is -2.49. The first-order valence-corrected chi connectivity index (χ1v) is 6.48. The van der Waals surface area contributed by atoms with Gasteiger partial charge < -0.3 is 0 Å². The first kappa shape index (κ1) is 9.01. The van der Waals surface area contributed by atoms with E-state index in [0.29, 0.717) is 4.32 Å². The molecule has 3 aliphatic carbocycles. The van der Waals surface area contributed by atoms with Crippen LogP contribution in [0.4, 0.5) is 0 Å². The van der Waals surface area contributed by atoms with Crippen molar-refractivity contribution < 1.29 is 0 Å². The summed E-state index contributed by atoms with van der Waals surface area (Å²) in [6, 6.07) is 0. The second kappa shape index (κ2) is 2.71. The van der Waals surface area contributed by atoms with Crippen molar-refractivity contribution in [1.29, 1.82) is 0 Å². The summed E-state index contributed by atoms with van der Waals surface area (Å²) in [4.78, 5) is 0. The van der Waals surface area contributed by atoms with Crippen LogP contribution in [0.2, 0.25) is 0 Å². The highest BCUT2D eigenvalue weighted by molar-refractivity contribution is 9.26. The first-order chi connectivity index (χ1) is 5.04. The third-order valence-electron chi connectivity index (χ3n) is 3.10. The average Bonchev–Trinajstić information content (AvgIpc) is 1.91. The maximum atomic E-state index is 3.86. The molecule has 0 aliphatic heterocycles. The molecule has 0 heterocycles. The largest absolute Gasteiger partial charge is 0.0960 e. The molecule has 0 aromatic rings. The second-order valence-corrected chi connectivity index (χ2v) is 9.11. The SMILES string of the molecule is BrC1(Br)CC2CCC1(Br)CC2. The van der Waals surface area contributed by atoms with Crippen LogP contribution in [-0.4, -0.2) is 7.56 Å². The zero-order valence-corrected chi connectivity index (χ0v) is 11.0. The number of hydrogen-bond donors (Lipinski definition) is 0. The highest BCUT2D eigenvalue weighted by atomic mass is 79.9. The number of rotatable bonds is 0. The van der Waals surface area contributed by atoms with Gasteiger partial charge in [-0.3, -0.25) is 0 Å². The summed E-state index contributed by atoms with van der Waals surface area (Å²) in [5.41, 5.74) is 0. The molecule has 3 rings (SSSR count). The number of hydrogen-bond acceptors (Lipinski definition) is 0. The number of alkyl halides is 3. The van der Waals surface area contributed by atoms with E-state index in [9.17, 15) is 0 Å². The van der Waals surface area contributed by atoms with E-state index in [1.165, 1.54) is 32.1 Å². The molecular weight excluding hydrogens is 336 g/mol. The van der Waals surface area contributed by atoms with Crippen molar-refractivity contribution in [2.75, 3.05) is 0 Å². The van der Waals surface area contributed by atoms with Gasteiger partial charge in [0.2, 0.25) is 0 Å². The topological polar surface area (TPSA) is 0 Å². The van der Waals surface area contributed by atoms with Crippen LogP contribution in [0.5, 0.6) is 0 Å². The van der Waals surface area contributed by atoms with Gasteiger partial charge in [0.1, 0.15) is 0 Å². The minimum atomic E-state index is 0.175. The zero-order valence-electron chi connectivity index (χ0n) is 6.25. The van der Waals surface area contributed by atoms with Gasteiger partial charge in [-0.05, 0) is 38.0 Å². The van der Waals surface area contributed by atoms with E-state index in [2.05, 4.69) is 47.8 Å². The molecule has 3 saturated carbocycles. The summed E-state index contributed by atoms with van der Waals surface area (Å²) in [5, 5.41) is 0. The van der Waals surface area contributed by atoms with Gasteiger partial charge in [0, 0.05) is 0 Å². The van der Waals surface area contributed by atoms with Gasteiger partial charge in [-0.25, -0.2) is 0 Å². The van der Waals surface area contributed by atoms with Gasteiger partial charge in [-0.1, -0.05) is 47.8 Å². The lowest BCUT2D eigenvalue weighted by atomic mass is 9.70. The summed E-state index contributed by atoms with van der Waals surface area (Å²) in [5.74, 6) is 0.952. The Bertz CT molecular complexity index is 168. The van der Waals surface area contributed by atoms with Crippen LogP contribution < -0.4 is 0 Å². The molecular formula is C8H11Br3. The van der Waals surface area contributed by atoms with Crippen LogP contribution in [0.1, 0.15) is 32.1 Å². The van der Waals surface area contributed by atoms with Crippen molar-refractivity contribution in [3.8, 4) is 0 Å². The molecule has 0 amide bonds. The molecule has 3 heteroatoms. The van der Waals surface area contributed by atoms with Gasteiger partial charge >= 0.3 is 0 Å². The first-order valence-electron chi connectivity index (χ1n) is 4.10. The van der Waals surface area contributed by atoms with E-state index in [4.69, 9.17) is 0 Å². The minimum absolute atomic E-state index is 0.175. The molecule has 0 N–H and O–H groups in total. The highest BCUT2D eigenvalue weighted by Crippen LogP contribution is 2.61. The molecule has 0 aromatic carbocycles. The fourth-order valence-corrected chi connectivity index (χ4v) is 4.58. The molecule has 0 aromatic heterocycles. The molecule has 0 spiro atoms. The van der Waals surface area contributed by atoms with Gasteiger partial charge in [-0.15, -0.1) is 0 Å². The Kier molecular flexibility index (Phi) is 2.22. The summed E-state index contributed by atoms with van der Waals surface area (Å²) in [6.07, 6.45) is 6.72. The Balaban J connectivity index is 2.27. The third kappa shape index (κ3) is 1.35. The Labute approximate surface area is 92.9 Å². The summed E-state index contributed by atoms with van der Waals surface area (Å²) in [7, 11) is 0. The predicted molar refractivity (Wildman–Crippen MR) is 58.8 cm³/mol. The molecule has 3 fully saturated rings. The number of halogens is 3. The fourth-order valence-electron chi connectivity index (χ4n) is 2.25. The Morgan fingerprint density at radius 1 is 1.00 bits per heavy atom. The predicted octanol–water partition coefficient (Wildman–Crippen LogP) is 4.20. The smallest absolute Gasteiger partial charge is 0.0829 e. The summed E-state index contributed by atoms with van der Waals surface area (Å²) in [6.45, 7) is 0. The van der Waals surface area contributed by atoms with Gasteiger partial charge in [-0.2, -0.15) is 0 Å². The average molecular weight is 347 g/mol. The van der Waals surface area contributed by atoms with Crippen LogP contribution in [0.25, 0.3) is 0 Å². The maximum absolute atomic E-state index is 3.86. The fraction of sp³-hybridized carbons (Fsp3) is 1.00. The summed E-state index contributed by atoms with van der Waals surface area (Å²) >= 11 is 11.4. The van der Waals surface area contributed by atoms with Crippen molar-refractivity contribution in [3.05, 3.63) is 0 Å². The molecule has 2 bridgehead atoms. The van der Waals surface area contributed by atoms with Gasteiger partial charge in [0.15, 0.2) is 0 Å². The van der Waals surface area contributed by atoms with Crippen molar-refractivity contribution in [2.45, 2.75) is 39.7 Å². The Morgan fingerprint density at radius 3 is 1.82 bits per heavy atom. The van der Waals surface area contributed by atoms with Gasteiger partial charge in [0.25, 0.3) is 0 Å². The van der Waals surface area contributed by atoms with E-state index in [1.54, 1.807) is 0 Å². The quantitative estimate of drug-likeness (QED) is 0.577. The van der Waals surface area contributed by atoms with E-state index < -0.39 is 0 Å². The van der Waals surface area contributed by atoms with Crippen LogP contribution in [-0.2, 0) is 0 Å². The molecule has 3 aliphatic rings. The molecule has 11 heavy (non-hydrogen) atoms. The summed E-state index contributed by atoms with van der Waals surface area (Å²) < 4.78 is 0.503. The van der Waals surface area contributed by atoms with E-state index in [-0.39, 0.29) is 3.23 Å². The van der Waals surface area contributed by atoms with E-state index in [0.717, 1.165) is 5.92 Å². The monoisotopic (exact) mass is 344 g/mol. The molecule has 0 nitrogen and oxygen atoms in total. The Hall–Kier alpha value is 1.44. The standard InChI is InChI=1S/C8H11Br3/c9-7-3-1-6(2-4-7)5-8(7,10)11/h6H,1-5H2. The highest BCUT2D eigenvalue weighted by Gasteiger charge is 2.53. The maximum Gasteiger partial charge on any atom is 0.0960 e. The van der Waals surface area contributed by atoms with Crippen LogP contribution in [0.15, 0.2) is 0 Å². The van der Waals surface area contributed by atoms with Crippen LogP contribution in [0.3, 0.4) is 0 Å². The van der Waals surface area contributed by atoms with Crippen molar-refractivity contribution >= 4 is 47.8 Å². The molecule has 0 unspecified atom stereocenters. The van der Waals surface area contributed by atoms with Crippen molar-refractivity contribution in [2.24, 2.45) is 5.92 Å². The molecule has 64 valence electrons. The molecule has 0 saturated heterocycles. The zero-order chi connectivity index (χ0) is 8.11. The lowest BCUT2D eigenvalue weighted by molar-refractivity contribution is 0.207. The third-order valence-corrected chi connectivity index (χ3v) is 7.80. The van der Waals surface area contributed by atoms with Crippen LogP contribution >= 0.6 is 47.8 Å². The number of fused-ring (bicyclic) bond motifs is 3. The Morgan fingerprint density at radius 2 is 1.55 bits per heavy atom. The minimum Gasteiger partial charge on any atom is -0.0829 e. The van der Waals surface area contributed by atoms with E-state index in [1.807, 2.05) is 0 Å². The normalized spacial score (nSPS) is 47.7. The molecule has 0 radical (unpaired) electrons. The van der Waals surface area contributed by atoms with Crippen LogP contribution in [0, 0.1) is 5.92 Å². The van der Waals surface area contributed by atoms with Crippen molar-refractivity contribution in [3.63, 3.8) is 0 Å². The van der Waals surface area contributed by atoms with Gasteiger partial charge in [0.05, 0.1) is 7.56 Å².